The predicted molar refractivity (Wildman–Crippen MR) is 75.8 cm³/mol. The first kappa shape index (κ1) is 13.6. The Hall–Kier alpha value is -2.39. The van der Waals surface area contributed by atoms with E-state index in [0.717, 1.165) is 4.31 Å². The van der Waals surface area contributed by atoms with E-state index in [9.17, 15) is 12.8 Å². The van der Waals surface area contributed by atoms with Crippen LogP contribution in [0.5, 0.6) is 0 Å². The summed E-state index contributed by atoms with van der Waals surface area (Å²) in [5.74, 6) is -0.567. The Morgan fingerprint density at radius 1 is 1.14 bits per heavy atom. The standard InChI is InChI=1S/C15H11FN2O2S/c16-13-6-3-5-11-8-9-18(15(11)13)21(19,20)14-7-2-1-4-12(14)10-17/h1-7H,8-9H2. The van der Waals surface area contributed by atoms with E-state index in [2.05, 4.69) is 0 Å². The molecule has 0 saturated heterocycles. The molecule has 0 fully saturated rings. The van der Waals surface area contributed by atoms with Gasteiger partial charge in [-0.25, -0.2) is 12.8 Å². The van der Waals surface area contributed by atoms with E-state index in [1.54, 1.807) is 24.3 Å². The van der Waals surface area contributed by atoms with Crippen molar-refractivity contribution in [1.82, 2.24) is 0 Å². The van der Waals surface area contributed by atoms with Gasteiger partial charge in [-0.1, -0.05) is 24.3 Å². The fourth-order valence-corrected chi connectivity index (χ4v) is 4.17. The maximum absolute atomic E-state index is 14.0. The number of rotatable bonds is 2. The largest absolute Gasteiger partial charge is 0.265 e. The number of hydrogen-bond acceptors (Lipinski definition) is 3. The molecule has 1 heterocycles. The molecule has 0 bridgehead atoms. The van der Waals surface area contributed by atoms with Crippen LogP contribution in [0, 0.1) is 17.1 Å². The lowest BCUT2D eigenvalue weighted by Crippen LogP contribution is -2.30. The summed E-state index contributed by atoms with van der Waals surface area (Å²) in [6, 6.07) is 12.3. The third kappa shape index (κ3) is 2.06. The van der Waals surface area contributed by atoms with E-state index in [4.69, 9.17) is 5.26 Å². The summed E-state index contributed by atoms with van der Waals surface area (Å²) in [6.45, 7) is 0.179. The molecule has 3 rings (SSSR count). The zero-order valence-electron chi connectivity index (χ0n) is 11.0. The molecule has 0 saturated carbocycles. The van der Waals surface area contributed by atoms with Gasteiger partial charge in [-0.15, -0.1) is 0 Å². The van der Waals surface area contributed by atoms with E-state index < -0.39 is 15.8 Å². The predicted octanol–water partition coefficient (Wildman–Crippen LogP) is 2.45. The lowest BCUT2D eigenvalue weighted by atomic mass is 10.2. The van der Waals surface area contributed by atoms with Crippen LogP contribution in [-0.4, -0.2) is 15.0 Å². The first-order valence-electron chi connectivity index (χ1n) is 6.35. The molecule has 0 aromatic heterocycles. The quantitative estimate of drug-likeness (QED) is 0.856. The molecule has 2 aromatic carbocycles. The van der Waals surface area contributed by atoms with Crippen molar-refractivity contribution in [3.05, 3.63) is 59.4 Å². The molecule has 0 unspecified atom stereocenters. The topological polar surface area (TPSA) is 61.2 Å². The van der Waals surface area contributed by atoms with Gasteiger partial charge in [-0.3, -0.25) is 4.31 Å². The molecular weight excluding hydrogens is 291 g/mol. The van der Waals surface area contributed by atoms with Crippen LogP contribution >= 0.6 is 0 Å². The van der Waals surface area contributed by atoms with Gasteiger partial charge in [0.15, 0.2) is 0 Å². The number of para-hydroxylation sites is 1. The van der Waals surface area contributed by atoms with E-state index in [0.29, 0.717) is 12.0 Å². The summed E-state index contributed by atoms with van der Waals surface area (Å²) in [5.41, 5.74) is 0.806. The van der Waals surface area contributed by atoms with Gasteiger partial charge in [0.1, 0.15) is 16.8 Å². The van der Waals surface area contributed by atoms with Crippen molar-refractivity contribution < 1.29 is 12.8 Å². The number of nitrogens with zero attached hydrogens (tertiary/aromatic N) is 2. The highest BCUT2D eigenvalue weighted by molar-refractivity contribution is 7.93. The normalized spacial score (nSPS) is 13.8. The minimum Gasteiger partial charge on any atom is -0.263 e. The Kier molecular flexibility index (Phi) is 3.15. The molecule has 1 aliphatic rings. The molecule has 0 atom stereocenters. The van der Waals surface area contributed by atoms with Crippen LogP contribution in [0.1, 0.15) is 11.1 Å². The monoisotopic (exact) mass is 302 g/mol. The van der Waals surface area contributed by atoms with Crippen molar-refractivity contribution in [2.75, 3.05) is 10.8 Å². The molecular formula is C15H11FN2O2S. The van der Waals surface area contributed by atoms with Crippen molar-refractivity contribution >= 4 is 15.7 Å². The minimum absolute atomic E-state index is 0.0577. The molecule has 2 aromatic rings. The molecule has 6 heteroatoms. The maximum atomic E-state index is 14.0. The lowest BCUT2D eigenvalue weighted by Gasteiger charge is -2.20. The van der Waals surface area contributed by atoms with Gasteiger partial charge in [-0.05, 0) is 30.2 Å². The highest BCUT2D eigenvalue weighted by atomic mass is 32.2. The molecule has 4 nitrogen and oxygen atoms in total. The summed E-state index contributed by atoms with van der Waals surface area (Å²) >= 11 is 0. The summed E-state index contributed by atoms with van der Waals surface area (Å²) in [6.07, 6.45) is 0.459. The summed E-state index contributed by atoms with van der Waals surface area (Å²) in [5, 5.41) is 9.07. The summed E-state index contributed by atoms with van der Waals surface area (Å²) in [7, 11) is -3.95. The Morgan fingerprint density at radius 2 is 1.90 bits per heavy atom. The highest BCUT2D eigenvalue weighted by Crippen LogP contribution is 2.35. The second-order valence-electron chi connectivity index (χ2n) is 4.68. The number of nitriles is 1. The second kappa shape index (κ2) is 4.86. The lowest BCUT2D eigenvalue weighted by molar-refractivity contribution is 0.588. The molecule has 1 aliphatic heterocycles. The number of benzene rings is 2. The van der Waals surface area contributed by atoms with Crippen LogP contribution in [0.3, 0.4) is 0 Å². The Labute approximate surface area is 122 Å². The molecule has 0 radical (unpaired) electrons. The van der Waals surface area contributed by atoms with Crippen LogP contribution in [0.2, 0.25) is 0 Å². The van der Waals surface area contributed by atoms with Gasteiger partial charge >= 0.3 is 0 Å². The van der Waals surface area contributed by atoms with E-state index in [1.165, 1.54) is 18.2 Å². The minimum atomic E-state index is -3.95. The number of halogens is 1. The third-order valence-electron chi connectivity index (χ3n) is 3.48. The van der Waals surface area contributed by atoms with Gasteiger partial charge in [0.2, 0.25) is 0 Å². The summed E-state index contributed by atoms with van der Waals surface area (Å²) in [4.78, 5) is -0.0939. The van der Waals surface area contributed by atoms with Crippen molar-refractivity contribution in [2.45, 2.75) is 11.3 Å². The highest BCUT2D eigenvalue weighted by Gasteiger charge is 2.34. The fourth-order valence-electron chi connectivity index (χ4n) is 2.52. The van der Waals surface area contributed by atoms with E-state index in [-0.39, 0.29) is 22.7 Å². The molecule has 21 heavy (non-hydrogen) atoms. The van der Waals surface area contributed by atoms with Crippen LogP contribution in [0.25, 0.3) is 0 Å². The zero-order valence-corrected chi connectivity index (χ0v) is 11.8. The average Bonchev–Trinajstić information content (AvgIpc) is 2.93. The first-order chi connectivity index (χ1) is 10.1. The molecule has 0 spiro atoms. The number of anilines is 1. The van der Waals surface area contributed by atoms with Gasteiger partial charge < -0.3 is 0 Å². The number of fused-ring (bicyclic) bond motifs is 1. The Morgan fingerprint density at radius 3 is 2.67 bits per heavy atom. The first-order valence-corrected chi connectivity index (χ1v) is 7.79. The smallest absolute Gasteiger partial charge is 0.263 e. The zero-order chi connectivity index (χ0) is 15.0. The van der Waals surface area contributed by atoms with E-state index in [1.807, 2.05) is 6.07 Å². The Balaban J connectivity index is 2.17. The van der Waals surface area contributed by atoms with Crippen LogP contribution < -0.4 is 4.31 Å². The van der Waals surface area contributed by atoms with E-state index >= 15 is 0 Å². The van der Waals surface area contributed by atoms with Crippen molar-refractivity contribution in [3.8, 4) is 6.07 Å². The number of hydrogen-bond donors (Lipinski definition) is 0. The van der Waals surface area contributed by atoms with Crippen LogP contribution in [-0.2, 0) is 16.4 Å². The molecule has 0 aliphatic carbocycles. The van der Waals surface area contributed by atoms with Gasteiger partial charge in [-0.2, -0.15) is 5.26 Å². The van der Waals surface area contributed by atoms with Crippen molar-refractivity contribution in [1.29, 1.82) is 5.26 Å². The molecule has 106 valence electrons. The van der Waals surface area contributed by atoms with Crippen molar-refractivity contribution in [2.24, 2.45) is 0 Å². The van der Waals surface area contributed by atoms with Crippen LogP contribution in [0.4, 0.5) is 10.1 Å². The second-order valence-corrected chi connectivity index (χ2v) is 6.51. The maximum Gasteiger partial charge on any atom is 0.265 e. The SMILES string of the molecule is N#Cc1ccccc1S(=O)(=O)N1CCc2cccc(F)c21. The van der Waals surface area contributed by atoms with Gasteiger partial charge in [0, 0.05) is 6.54 Å². The number of sulfonamides is 1. The fraction of sp³-hybridized carbons (Fsp3) is 0.133. The third-order valence-corrected chi connectivity index (χ3v) is 5.34. The molecule has 0 N–H and O–H groups in total. The van der Waals surface area contributed by atoms with Gasteiger partial charge in [0.05, 0.1) is 11.3 Å². The summed E-state index contributed by atoms with van der Waals surface area (Å²) < 4.78 is 40.5. The molecule has 0 amide bonds. The Bertz CT molecular complexity index is 856. The van der Waals surface area contributed by atoms with Crippen molar-refractivity contribution in [3.63, 3.8) is 0 Å². The average molecular weight is 302 g/mol. The van der Waals surface area contributed by atoms with Crippen LogP contribution in [0.15, 0.2) is 47.4 Å². The van der Waals surface area contributed by atoms with Gasteiger partial charge in [0.25, 0.3) is 10.0 Å².